The standard InChI is InChI=1S/C17H24N2O3S/c1-11-4-6-14(10-16(11)19(2)23(3,21)22)17(20)18-15-9-12-5-7-13(15)8-12/h4,6,10,12-13,15H,5,7-9H2,1-3H3,(H,18,20)/t12-,13-,15+/m1/s1. The van der Waals surface area contributed by atoms with Gasteiger partial charge in [-0.25, -0.2) is 8.42 Å². The van der Waals surface area contributed by atoms with E-state index in [9.17, 15) is 13.2 Å². The Morgan fingerprint density at radius 3 is 2.57 bits per heavy atom. The average Bonchev–Trinajstić information content (AvgIpc) is 3.08. The summed E-state index contributed by atoms with van der Waals surface area (Å²) in [5.41, 5.74) is 1.89. The van der Waals surface area contributed by atoms with E-state index in [4.69, 9.17) is 0 Å². The minimum Gasteiger partial charge on any atom is -0.349 e. The third kappa shape index (κ3) is 3.22. The summed E-state index contributed by atoms with van der Waals surface area (Å²) in [6, 6.07) is 5.50. The summed E-state index contributed by atoms with van der Waals surface area (Å²) in [5, 5.41) is 3.14. The quantitative estimate of drug-likeness (QED) is 0.917. The van der Waals surface area contributed by atoms with E-state index in [0.29, 0.717) is 17.2 Å². The maximum Gasteiger partial charge on any atom is 0.251 e. The molecule has 2 fully saturated rings. The molecule has 0 radical (unpaired) electrons. The number of hydrogen-bond acceptors (Lipinski definition) is 3. The molecule has 1 aromatic carbocycles. The third-order valence-electron chi connectivity index (χ3n) is 5.36. The van der Waals surface area contributed by atoms with Crippen molar-refractivity contribution in [2.24, 2.45) is 11.8 Å². The Kier molecular flexibility index (Phi) is 4.12. The minimum absolute atomic E-state index is 0.106. The molecule has 126 valence electrons. The van der Waals surface area contributed by atoms with Crippen molar-refractivity contribution in [1.29, 1.82) is 0 Å². The average molecular weight is 336 g/mol. The largest absolute Gasteiger partial charge is 0.349 e. The zero-order chi connectivity index (χ0) is 16.8. The van der Waals surface area contributed by atoms with Gasteiger partial charge in [-0.3, -0.25) is 9.10 Å². The number of benzene rings is 1. The molecule has 2 saturated carbocycles. The number of carbonyl (C=O) groups is 1. The van der Waals surface area contributed by atoms with Crippen LogP contribution in [0.2, 0.25) is 0 Å². The van der Waals surface area contributed by atoms with E-state index >= 15 is 0 Å². The van der Waals surface area contributed by atoms with Crippen molar-refractivity contribution < 1.29 is 13.2 Å². The molecule has 0 unspecified atom stereocenters. The van der Waals surface area contributed by atoms with Gasteiger partial charge < -0.3 is 5.32 Å². The van der Waals surface area contributed by atoms with Crippen molar-refractivity contribution in [3.8, 4) is 0 Å². The Balaban J connectivity index is 1.79. The number of amides is 1. The SMILES string of the molecule is Cc1ccc(C(=O)N[C@H]2C[C@@H]3CC[C@@H]2C3)cc1N(C)S(C)(=O)=O. The van der Waals surface area contributed by atoms with Crippen molar-refractivity contribution in [2.45, 2.75) is 38.6 Å². The van der Waals surface area contributed by atoms with E-state index in [1.807, 2.05) is 6.92 Å². The van der Waals surface area contributed by atoms with Gasteiger partial charge in [0, 0.05) is 18.7 Å². The Labute approximate surface area is 138 Å². The van der Waals surface area contributed by atoms with Gasteiger partial charge in [0.15, 0.2) is 0 Å². The summed E-state index contributed by atoms with van der Waals surface area (Å²) in [7, 11) is -1.84. The number of aryl methyl sites for hydroxylation is 1. The van der Waals surface area contributed by atoms with Crippen molar-refractivity contribution in [3.05, 3.63) is 29.3 Å². The van der Waals surface area contributed by atoms with E-state index < -0.39 is 10.0 Å². The second-order valence-corrected chi connectivity index (χ2v) is 9.00. The molecule has 1 amide bonds. The Morgan fingerprint density at radius 2 is 2.00 bits per heavy atom. The minimum atomic E-state index is -3.35. The van der Waals surface area contributed by atoms with Gasteiger partial charge in [-0.05, 0) is 55.7 Å². The highest BCUT2D eigenvalue weighted by Crippen LogP contribution is 2.44. The van der Waals surface area contributed by atoms with Crippen molar-refractivity contribution in [1.82, 2.24) is 5.32 Å². The molecule has 0 heterocycles. The fraction of sp³-hybridized carbons (Fsp3) is 0.588. The summed E-state index contributed by atoms with van der Waals surface area (Å²) < 4.78 is 24.7. The highest BCUT2D eigenvalue weighted by Gasteiger charge is 2.40. The fourth-order valence-electron chi connectivity index (χ4n) is 3.94. The Hall–Kier alpha value is -1.56. The molecule has 1 N–H and O–H groups in total. The molecule has 3 atom stereocenters. The van der Waals surface area contributed by atoms with Gasteiger partial charge >= 0.3 is 0 Å². The van der Waals surface area contributed by atoms with E-state index in [-0.39, 0.29) is 11.9 Å². The predicted molar refractivity (Wildman–Crippen MR) is 91.1 cm³/mol. The number of rotatable bonds is 4. The molecular formula is C17H24N2O3S. The lowest BCUT2D eigenvalue weighted by molar-refractivity contribution is 0.0923. The van der Waals surface area contributed by atoms with Gasteiger partial charge in [0.05, 0.1) is 11.9 Å². The highest BCUT2D eigenvalue weighted by molar-refractivity contribution is 7.92. The maximum atomic E-state index is 12.5. The van der Waals surface area contributed by atoms with Crippen LogP contribution in [0.3, 0.4) is 0 Å². The molecule has 23 heavy (non-hydrogen) atoms. The van der Waals surface area contributed by atoms with E-state index in [0.717, 1.165) is 24.2 Å². The molecule has 0 saturated heterocycles. The second-order valence-electron chi connectivity index (χ2n) is 6.99. The van der Waals surface area contributed by atoms with Crippen molar-refractivity contribution in [2.75, 3.05) is 17.6 Å². The molecule has 3 rings (SSSR count). The van der Waals surface area contributed by atoms with E-state index in [1.54, 1.807) is 18.2 Å². The Morgan fingerprint density at radius 1 is 1.26 bits per heavy atom. The second kappa shape index (κ2) is 5.82. The molecule has 0 spiro atoms. The smallest absolute Gasteiger partial charge is 0.251 e. The van der Waals surface area contributed by atoms with E-state index in [1.165, 1.54) is 30.6 Å². The van der Waals surface area contributed by atoms with Crippen LogP contribution in [0.5, 0.6) is 0 Å². The predicted octanol–water partition coefficient (Wildman–Crippen LogP) is 2.31. The van der Waals surface area contributed by atoms with Crippen LogP contribution in [0.25, 0.3) is 0 Å². The molecule has 6 heteroatoms. The fourth-order valence-corrected chi connectivity index (χ4v) is 4.50. The van der Waals surface area contributed by atoms with Gasteiger partial charge in [-0.2, -0.15) is 0 Å². The van der Waals surface area contributed by atoms with Crippen LogP contribution in [0.4, 0.5) is 5.69 Å². The van der Waals surface area contributed by atoms with Gasteiger partial charge in [0.2, 0.25) is 10.0 Å². The number of carbonyl (C=O) groups excluding carboxylic acids is 1. The molecule has 1 aromatic rings. The first kappa shape index (κ1) is 16.3. The van der Waals surface area contributed by atoms with Gasteiger partial charge in [-0.1, -0.05) is 12.5 Å². The van der Waals surface area contributed by atoms with E-state index in [2.05, 4.69) is 5.32 Å². The number of nitrogens with zero attached hydrogens (tertiary/aromatic N) is 1. The highest BCUT2D eigenvalue weighted by atomic mass is 32.2. The first-order valence-electron chi connectivity index (χ1n) is 8.11. The zero-order valence-electron chi connectivity index (χ0n) is 13.9. The number of anilines is 1. The van der Waals surface area contributed by atoms with Crippen LogP contribution in [0, 0.1) is 18.8 Å². The van der Waals surface area contributed by atoms with Gasteiger partial charge in [0.25, 0.3) is 5.91 Å². The van der Waals surface area contributed by atoms with Crippen LogP contribution < -0.4 is 9.62 Å². The summed E-state index contributed by atoms with van der Waals surface area (Å²) in [6.07, 6.45) is 5.99. The monoisotopic (exact) mass is 336 g/mol. The summed E-state index contributed by atoms with van der Waals surface area (Å²) in [6.45, 7) is 1.84. The summed E-state index contributed by atoms with van der Waals surface area (Å²) >= 11 is 0. The molecule has 2 aliphatic rings. The lowest BCUT2D eigenvalue weighted by Gasteiger charge is -2.24. The van der Waals surface area contributed by atoms with Crippen molar-refractivity contribution >= 4 is 21.6 Å². The molecule has 0 aliphatic heterocycles. The number of hydrogen-bond donors (Lipinski definition) is 1. The lowest BCUT2D eigenvalue weighted by atomic mass is 9.95. The Bertz CT molecular complexity index is 729. The van der Waals surface area contributed by atoms with Crippen LogP contribution in [0.15, 0.2) is 18.2 Å². The van der Waals surface area contributed by atoms with Crippen LogP contribution in [-0.4, -0.2) is 33.7 Å². The molecule has 0 aromatic heterocycles. The molecule has 5 nitrogen and oxygen atoms in total. The summed E-state index contributed by atoms with van der Waals surface area (Å²) in [5.74, 6) is 1.29. The number of fused-ring (bicyclic) bond motifs is 2. The van der Waals surface area contributed by atoms with Crippen LogP contribution in [-0.2, 0) is 10.0 Å². The number of nitrogens with one attached hydrogen (secondary N) is 1. The third-order valence-corrected chi connectivity index (χ3v) is 6.55. The lowest BCUT2D eigenvalue weighted by Crippen LogP contribution is -2.38. The van der Waals surface area contributed by atoms with Gasteiger partial charge in [0.1, 0.15) is 0 Å². The molecule has 2 bridgehead atoms. The zero-order valence-corrected chi connectivity index (χ0v) is 14.7. The normalized spacial score (nSPS) is 26.3. The first-order valence-corrected chi connectivity index (χ1v) is 9.96. The number of sulfonamides is 1. The topological polar surface area (TPSA) is 66.5 Å². The maximum absolute atomic E-state index is 12.5. The molecule has 2 aliphatic carbocycles. The first-order chi connectivity index (χ1) is 10.8. The molecular weight excluding hydrogens is 312 g/mol. The van der Waals surface area contributed by atoms with Crippen molar-refractivity contribution in [3.63, 3.8) is 0 Å². The summed E-state index contributed by atoms with van der Waals surface area (Å²) in [4.78, 5) is 12.5. The van der Waals surface area contributed by atoms with Crippen LogP contribution >= 0.6 is 0 Å². The van der Waals surface area contributed by atoms with Crippen LogP contribution in [0.1, 0.15) is 41.6 Å². The van der Waals surface area contributed by atoms with Gasteiger partial charge in [-0.15, -0.1) is 0 Å².